The topological polar surface area (TPSA) is 35.5 Å². The second kappa shape index (κ2) is 4.81. The molecule has 1 unspecified atom stereocenters. The third-order valence-electron chi connectivity index (χ3n) is 3.57. The first-order valence-electron chi connectivity index (χ1n) is 6.32. The van der Waals surface area contributed by atoms with Gasteiger partial charge in [0.2, 0.25) is 5.24 Å². The van der Waals surface area contributed by atoms with Gasteiger partial charge in [0.05, 0.1) is 0 Å². The Morgan fingerprint density at radius 3 is 2.67 bits per heavy atom. The van der Waals surface area contributed by atoms with Crippen molar-refractivity contribution >= 4 is 16.8 Å². The fourth-order valence-electron chi connectivity index (χ4n) is 2.52. The molecule has 2 aliphatic rings. The van der Waals surface area contributed by atoms with Crippen molar-refractivity contribution in [2.24, 2.45) is 5.92 Å². The minimum atomic E-state index is -0.262. The van der Waals surface area contributed by atoms with Crippen LogP contribution in [0.5, 0.6) is 11.5 Å². The van der Waals surface area contributed by atoms with E-state index < -0.39 is 0 Å². The molecule has 1 saturated carbocycles. The van der Waals surface area contributed by atoms with E-state index in [1.165, 1.54) is 12.8 Å². The summed E-state index contributed by atoms with van der Waals surface area (Å²) >= 11 is 5.54. The van der Waals surface area contributed by atoms with Crippen LogP contribution < -0.4 is 9.47 Å². The maximum absolute atomic E-state index is 11.2. The summed E-state index contributed by atoms with van der Waals surface area (Å²) in [5, 5.41) is -0.262. The van der Waals surface area contributed by atoms with Crippen molar-refractivity contribution in [1.82, 2.24) is 0 Å². The Morgan fingerprint density at radius 1 is 1.28 bits per heavy atom. The molecular formula is C14H15ClO3. The molecule has 1 aromatic carbocycles. The number of rotatable bonds is 4. The normalized spacial score (nSPS) is 19.4. The van der Waals surface area contributed by atoms with Gasteiger partial charge in [0.25, 0.3) is 0 Å². The van der Waals surface area contributed by atoms with E-state index in [0.29, 0.717) is 25.6 Å². The molecule has 3 nitrogen and oxygen atoms in total. The molecule has 4 heteroatoms. The van der Waals surface area contributed by atoms with E-state index in [1.807, 2.05) is 18.2 Å². The molecule has 1 aliphatic heterocycles. The first kappa shape index (κ1) is 11.8. The molecule has 0 radical (unpaired) electrons. The molecule has 1 heterocycles. The van der Waals surface area contributed by atoms with Gasteiger partial charge in [-0.2, -0.15) is 0 Å². The van der Waals surface area contributed by atoms with Crippen LogP contribution in [0.25, 0.3) is 0 Å². The van der Waals surface area contributed by atoms with Crippen LogP contribution in [0.4, 0.5) is 0 Å². The van der Waals surface area contributed by atoms with E-state index in [2.05, 4.69) is 0 Å². The van der Waals surface area contributed by atoms with Crippen molar-refractivity contribution in [3.63, 3.8) is 0 Å². The van der Waals surface area contributed by atoms with Crippen LogP contribution in [0.15, 0.2) is 18.2 Å². The molecule has 18 heavy (non-hydrogen) atoms. The Kier molecular flexibility index (Phi) is 3.16. The SMILES string of the molecule is O=C(Cl)CC(c1ccc2c(c1)OCCO2)C1CC1. The second-order valence-corrected chi connectivity index (χ2v) is 5.33. The average molecular weight is 267 g/mol. The molecule has 1 aromatic rings. The molecule has 3 rings (SSSR count). The Balaban J connectivity index is 1.87. The summed E-state index contributed by atoms with van der Waals surface area (Å²) in [5.41, 5.74) is 1.13. The molecule has 0 N–H and O–H groups in total. The molecule has 1 fully saturated rings. The summed E-state index contributed by atoms with van der Waals surface area (Å²) in [5.74, 6) is 2.39. The zero-order valence-corrected chi connectivity index (χ0v) is 10.8. The van der Waals surface area contributed by atoms with Gasteiger partial charge in [-0.05, 0) is 54.0 Å². The van der Waals surface area contributed by atoms with Gasteiger partial charge < -0.3 is 9.47 Å². The minimum absolute atomic E-state index is 0.228. The van der Waals surface area contributed by atoms with Crippen LogP contribution >= 0.6 is 11.6 Å². The zero-order valence-electron chi connectivity index (χ0n) is 10.0. The highest BCUT2D eigenvalue weighted by Crippen LogP contribution is 2.46. The molecular weight excluding hydrogens is 252 g/mol. The third kappa shape index (κ3) is 2.46. The Labute approximate surface area is 111 Å². The van der Waals surface area contributed by atoms with Crippen molar-refractivity contribution in [3.8, 4) is 11.5 Å². The van der Waals surface area contributed by atoms with Crippen molar-refractivity contribution in [1.29, 1.82) is 0 Å². The highest BCUT2D eigenvalue weighted by atomic mass is 35.5. The van der Waals surface area contributed by atoms with Gasteiger partial charge >= 0.3 is 0 Å². The van der Waals surface area contributed by atoms with Gasteiger partial charge in [-0.25, -0.2) is 0 Å². The number of benzene rings is 1. The van der Waals surface area contributed by atoms with Gasteiger partial charge in [0, 0.05) is 6.42 Å². The fourth-order valence-corrected chi connectivity index (χ4v) is 2.68. The fraction of sp³-hybridized carbons (Fsp3) is 0.500. The van der Waals surface area contributed by atoms with Crippen LogP contribution in [-0.2, 0) is 4.79 Å². The van der Waals surface area contributed by atoms with Gasteiger partial charge in [-0.1, -0.05) is 6.07 Å². The Morgan fingerprint density at radius 2 is 2.00 bits per heavy atom. The van der Waals surface area contributed by atoms with Crippen LogP contribution in [0.2, 0.25) is 0 Å². The van der Waals surface area contributed by atoms with Gasteiger partial charge in [0.15, 0.2) is 11.5 Å². The van der Waals surface area contributed by atoms with E-state index in [4.69, 9.17) is 21.1 Å². The minimum Gasteiger partial charge on any atom is -0.486 e. The molecule has 0 saturated heterocycles. The van der Waals surface area contributed by atoms with Crippen molar-refractivity contribution in [2.45, 2.75) is 25.2 Å². The van der Waals surface area contributed by atoms with Crippen LogP contribution in [0, 0.1) is 5.92 Å². The summed E-state index contributed by atoms with van der Waals surface area (Å²) in [6.45, 7) is 1.18. The summed E-state index contributed by atoms with van der Waals surface area (Å²) in [6.07, 6.45) is 2.78. The van der Waals surface area contributed by atoms with E-state index in [9.17, 15) is 4.79 Å². The number of ether oxygens (including phenoxy) is 2. The summed E-state index contributed by atoms with van der Waals surface area (Å²) in [4.78, 5) is 11.2. The lowest BCUT2D eigenvalue weighted by molar-refractivity contribution is -0.112. The third-order valence-corrected chi connectivity index (χ3v) is 3.72. The highest BCUT2D eigenvalue weighted by Gasteiger charge is 2.34. The first-order chi connectivity index (χ1) is 8.74. The molecule has 1 aliphatic carbocycles. The predicted octanol–water partition coefficient (Wildman–Crippen LogP) is 3.11. The van der Waals surface area contributed by atoms with Gasteiger partial charge in [-0.3, -0.25) is 4.79 Å². The Bertz CT molecular complexity index is 468. The van der Waals surface area contributed by atoms with Gasteiger partial charge in [0.1, 0.15) is 13.2 Å². The van der Waals surface area contributed by atoms with Crippen LogP contribution in [-0.4, -0.2) is 18.5 Å². The smallest absolute Gasteiger partial charge is 0.222 e. The van der Waals surface area contributed by atoms with E-state index in [0.717, 1.165) is 17.1 Å². The molecule has 1 atom stereocenters. The zero-order chi connectivity index (χ0) is 12.5. The number of carbonyl (C=O) groups excluding carboxylic acids is 1. The molecule has 0 amide bonds. The first-order valence-corrected chi connectivity index (χ1v) is 6.70. The quantitative estimate of drug-likeness (QED) is 0.786. The summed E-state index contributed by atoms with van der Waals surface area (Å²) < 4.78 is 11.1. The second-order valence-electron chi connectivity index (χ2n) is 4.91. The van der Waals surface area contributed by atoms with Crippen molar-refractivity contribution in [2.75, 3.05) is 13.2 Å². The monoisotopic (exact) mass is 266 g/mol. The number of halogens is 1. The van der Waals surface area contributed by atoms with Gasteiger partial charge in [-0.15, -0.1) is 0 Å². The lowest BCUT2D eigenvalue weighted by Crippen LogP contribution is -2.16. The molecule has 0 spiro atoms. The number of fused-ring (bicyclic) bond motifs is 1. The number of carbonyl (C=O) groups is 1. The molecule has 0 aromatic heterocycles. The van der Waals surface area contributed by atoms with E-state index in [-0.39, 0.29) is 11.2 Å². The van der Waals surface area contributed by atoms with E-state index >= 15 is 0 Å². The molecule has 96 valence electrons. The highest BCUT2D eigenvalue weighted by molar-refractivity contribution is 6.63. The summed E-state index contributed by atoms with van der Waals surface area (Å²) in [6, 6.07) is 5.95. The maximum Gasteiger partial charge on any atom is 0.222 e. The standard InChI is InChI=1S/C14H15ClO3/c15-14(16)8-11(9-1-2-9)10-3-4-12-13(7-10)18-6-5-17-12/h3-4,7,9,11H,1-2,5-6,8H2. The van der Waals surface area contributed by atoms with E-state index in [1.54, 1.807) is 0 Å². The molecule has 0 bridgehead atoms. The largest absolute Gasteiger partial charge is 0.486 e. The van der Waals surface area contributed by atoms with Crippen molar-refractivity contribution in [3.05, 3.63) is 23.8 Å². The number of hydrogen-bond donors (Lipinski definition) is 0. The Hall–Kier alpha value is -1.22. The number of hydrogen-bond acceptors (Lipinski definition) is 3. The van der Waals surface area contributed by atoms with Crippen LogP contribution in [0.3, 0.4) is 0 Å². The lowest BCUT2D eigenvalue weighted by atomic mass is 9.91. The predicted molar refractivity (Wildman–Crippen MR) is 68.4 cm³/mol. The maximum atomic E-state index is 11.2. The average Bonchev–Trinajstić information content (AvgIpc) is 3.19. The van der Waals surface area contributed by atoms with Crippen molar-refractivity contribution < 1.29 is 14.3 Å². The lowest BCUT2D eigenvalue weighted by Gasteiger charge is -2.21. The van der Waals surface area contributed by atoms with Crippen LogP contribution in [0.1, 0.15) is 30.7 Å². The summed E-state index contributed by atoms with van der Waals surface area (Å²) in [7, 11) is 0.